The van der Waals surface area contributed by atoms with Gasteiger partial charge in [0, 0.05) is 24.2 Å². The number of aliphatic hydroxyl groups is 1. The Bertz CT molecular complexity index is 1470. The van der Waals surface area contributed by atoms with Crippen LogP contribution in [0.3, 0.4) is 0 Å². The summed E-state index contributed by atoms with van der Waals surface area (Å²) in [6.45, 7) is 13.7. The number of esters is 1. The van der Waals surface area contributed by atoms with Gasteiger partial charge in [0.25, 0.3) is 0 Å². The third kappa shape index (κ3) is 17.5. The van der Waals surface area contributed by atoms with Crippen molar-refractivity contribution >= 4 is 26.0 Å². The largest absolute Gasteiger partial charge is 0.452 e. The molecule has 1 aromatic rings. The molecule has 0 spiro atoms. The minimum absolute atomic E-state index is 0.0160. The van der Waals surface area contributed by atoms with Gasteiger partial charge in [0.15, 0.2) is 14.4 Å². The summed E-state index contributed by atoms with van der Waals surface area (Å²) in [7, 11) is -1.99. The number of hydrogen-bond acceptors (Lipinski definition) is 6. The van der Waals surface area contributed by atoms with Crippen LogP contribution in [0.15, 0.2) is 47.4 Å². The Balaban J connectivity index is 1.38. The molecule has 0 saturated carbocycles. The summed E-state index contributed by atoms with van der Waals surface area (Å²) < 4.78 is 57.3. The van der Waals surface area contributed by atoms with Gasteiger partial charge in [-0.1, -0.05) is 134 Å². The highest BCUT2D eigenvalue weighted by molar-refractivity contribution is 8.01. The molecule has 2 heterocycles. The number of allylic oxidation sites excluding steroid dienone is 2. The first-order valence-corrected chi connectivity index (χ1v) is 25.5. The van der Waals surface area contributed by atoms with E-state index in [2.05, 4.69) is 64.5 Å². The monoisotopic (exact) mass is 832 g/mol. The lowest BCUT2D eigenvalue weighted by molar-refractivity contribution is -0.209. The molecule has 0 aliphatic carbocycles. The first-order valence-electron chi connectivity index (χ1n) is 21.7. The van der Waals surface area contributed by atoms with E-state index in [1.807, 2.05) is 12.1 Å². The minimum atomic E-state index is -4.58. The molecule has 320 valence electrons. The molecular formula is C47H71F3O5SSi. The van der Waals surface area contributed by atoms with Gasteiger partial charge in [0.1, 0.15) is 10.9 Å². The lowest BCUT2D eigenvalue weighted by Gasteiger charge is -2.41. The Kier molecular flexibility index (Phi) is 21.4. The first-order chi connectivity index (χ1) is 27.1. The summed E-state index contributed by atoms with van der Waals surface area (Å²) in [5.41, 5.74) is 0. The van der Waals surface area contributed by atoms with Gasteiger partial charge in [-0.05, 0) is 81.3 Å². The quantitative estimate of drug-likeness (QED) is 0.0513. The van der Waals surface area contributed by atoms with Crippen LogP contribution < -0.4 is 0 Å². The smallest absolute Gasteiger partial charge is 0.425 e. The number of unbranched alkanes of at least 4 members (excludes halogenated alkanes) is 12. The van der Waals surface area contributed by atoms with E-state index in [9.17, 15) is 23.1 Å². The summed E-state index contributed by atoms with van der Waals surface area (Å²) in [6, 6.07) is 9.02. The van der Waals surface area contributed by atoms with Crippen molar-refractivity contribution in [1.29, 1.82) is 0 Å². The minimum Gasteiger partial charge on any atom is -0.452 e. The molecular weight excluding hydrogens is 762 g/mol. The SMILES string of the molecule is CCCCCCCCCCCC[C@@H](O[Si](C)(C)C(C)(C)C)[C@H]1CC[C@H]([C@H](O)C#CCCCC#C/C=C/CCCC2(Sc3ccccc3)C[C@@H](C(F)(F)F)OC2=O)O1. The number of carbonyl (C=O) groups is 1. The molecule has 6 atom stereocenters. The summed E-state index contributed by atoms with van der Waals surface area (Å²) in [4.78, 5) is 13.5. The van der Waals surface area contributed by atoms with Crippen molar-refractivity contribution in [3.8, 4) is 23.7 Å². The van der Waals surface area contributed by atoms with E-state index in [1.54, 1.807) is 30.3 Å². The fraction of sp³-hybridized carbons (Fsp3) is 0.723. The molecule has 1 aromatic carbocycles. The lowest BCUT2D eigenvalue weighted by atomic mass is 9.96. The van der Waals surface area contributed by atoms with E-state index in [0.717, 1.165) is 48.8 Å². The van der Waals surface area contributed by atoms with Crippen LogP contribution in [0.5, 0.6) is 0 Å². The van der Waals surface area contributed by atoms with Gasteiger partial charge in [-0.25, -0.2) is 0 Å². The average molecular weight is 833 g/mol. The second kappa shape index (κ2) is 24.8. The number of cyclic esters (lactones) is 1. The predicted molar refractivity (Wildman–Crippen MR) is 230 cm³/mol. The topological polar surface area (TPSA) is 65.0 Å². The number of thioether (sulfide) groups is 1. The molecule has 10 heteroatoms. The average Bonchev–Trinajstić information content (AvgIpc) is 3.77. The molecule has 5 nitrogen and oxygen atoms in total. The molecule has 2 aliphatic rings. The predicted octanol–water partition coefficient (Wildman–Crippen LogP) is 12.9. The fourth-order valence-corrected chi connectivity index (χ4v) is 9.85. The third-order valence-corrected chi connectivity index (χ3v) is 17.6. The van der Waals surface area contributed by atoms with Crippen molar-refractivity contribution in [2.75, 3.05) is 0 Å². The first kappa shape index (κ1) is 49.2. The van der Waals surface area contributed by atoms with E-state index in [0.29, 0.717) is 25.7 Å². The van der Waals surface area contributed by atoms with Gasteiger partial charge in [-0.3, -0.25) is 4.79 Å². The maximum absolute atomic E-state index is 13.4. The number of alkyl halides is 3. The van der Waals surface area contributed by atoms with Gasteiger partial charge in [-0.15, -0.1) is 17.7 Å². The van der Waals surface area contributed by atoms with E-state index < -0.39 is 43.8 Å². The van der Waals surface area contributed by atoms with E-state index in [4.69, 9.17) is 13.9 Å². The highest BCUT2D eigenvalue weighted by Gasteiger charge is 2.58. The van der Waals surface area contributed by atoms with Gasteiger partial charge in [0.2, 0.25) is 0 Å². The molecule has 0 radical (unpaired) electrons. The second-order valence-corrected chi connectivity index (χ2v) is 23.7. The molecule has 1 N–H and O–H groups in total. The Morgan fingerprint density at radius 1 is 0.930 bits per heavy atom. The number of ether oxygens (including phenoxy) is 2. The van der Waals surface area contributed by atoms with Crippen LogP contribution in [0.4, 0.5) is 13.2 Å². The van der Waals surface area contributed by atoms with Crippen LogP contribution in [-0.4, -0.2) is 60.8 Å². The van der Waals surface area contributed by atoms with Crippen molar-refractivity contribution in [3.05, 3.63) is 42.5 Å². The lowest BCUT2D eigenvalue weighted by Crippen LogP contribution is -2.47. The van der Waals surface area contributed by atoms with Crippen LogP contribution in [0.2, 0.25) is 18.1 Å². The zero-order valence-corrected chi connectivity index (χ0v) is 37.5. The molecule has 0 aromatic heterocycles. The Morgan fingerprint density at radius 2 is 1.56 bits per heavy atom. The summed E-state index contributed by atoms with van der Waals surface area (Å²) in [5, 5.41) is 11.0. The van der Waals surface area contributed by atoms with Gasteiger partial charge in [-0.2, -0.15) is 13.2 Å². The van der Waals surface area contributed by atoms with Crippen molar-refractivity contribution in [3.63, 3.8) is 0 Å². The molecule has 2 fully saturated rings. The fourth-order valence-electron chi connectivity index (χ4n) is 7.11. The molecule has 0 bridgehead atoms. The van der Waals surface area contributed by atoms with Crippen molar-refractivity contribution in [2.24, 2.45) is 0 Å². The second-order valence-electron chi connectivity index (χ2n) is 17.5. The number of benzene rings is 1. The highest BCUT2D eigenvalue weighted by Crippen LogP contribution is 2.49. The van der Waals surface area contributed by atoms with E-state index in [-0.39, 0.29) is 29.8 Å². The third-order valence-electron chi connectivity index (χ3n) is 11.6. The van der Waals surface area contributed by atoms with Gasteiger partial charge >= 0.3 is 12.1 Å². The summed E-state index contributed by atoms with van der Waals surface area (Å²) in [6.07, 6.45) is 14.6. The van der Waals surface area contributed by atoms with Crippen LogP contribution in [0, 0.1) is 23.7 Å². The van der Waals surface area contributed by atoms with Gasteiger partial charge in [0.05, 0.1) is 18.3 Å². The Hall–Kier alpha value is -2.21. The van der Waals surface area contributed by atoms with Crippen molar-refractivity contribution in [1.82, 2.24) is 0 Å². The Morgan fingerprint density at radius 3 is 2.19 bits per heavy atom. The molecule has 0 amide bonds. The van der Waals surface area contributed by atoms with Gasteiger partial charge < -0.3 is 19.0 Å². The van der Waals surface area contributed by atoms with E-state index in [1.165, 1.54) is 57.8 Å². The van der Waals surface area contributed by atoms with E-state index >= 15 is 0 Å². The van der Waals surface area contributed by atoms with Crippen molar-refractivity contribution in [2.45, 2.75) is 221 Å². The number of halogens is 3. The molecule has 3 rings (SSSR count). The number of carbonyl (C=O) groups excluding carboxylic acids is 1. The summed E-state index contributed by atoms with van der Waals surface area (Å²) >= 11 is 1.16. The highest BCUT2D eigenvalue weighted by atomic mass is 32.2. The zero-order chi connectivity index (χ0) is 41.8. The molecule has 2 saturated heterocycles. The summed E-state index contributed by atoms with van der Waals surface area (Å²) in [5.74, 6) is 11.5. The number of rotatable bonds is 23. The molecule has 2 aliphatic heterocycles. The molecule has 57 heavy (non-hydrogen) atoms. The van der Waals surface area contributed by atoms with Crippen LogP contribution in [-0.2, 0) is 18.7 Å². The molecule has 1 unspecified atom stereocenters. The van der Waals surface area contributed by atoms with Crippen LogP contribution in [0.1, 0.15) is 156 Å². The standard InChI is InChI=1S/C47H71F3O5SSi/c1-7-8-9-10-11-12-16-19-22-28-33-42(55-57(5,6)45(2,3)4)41-35-34-40(53-41)39(51)32-27-21-18-15-13-14-17-20-23-29-36-46(56-38-30-25-24-26-31-38)37-43(47(48,49)50)54-44(46)52/h17,20,24-26,30-31,39-43,51H,7-12,15-16,18-19,21-23,28-29,33-37H2,1-6H3/b20-17+/t39-,40-,41-,42-,43+,46?/m1/s1. The number of aliphatic hydroxyl groups excluding tert-OH is 1. The Labute approximate surface area is 348 Å². The van der Waals surface area contributed by atoms with Crippen LogP contribution in [0.25, 0.3) is 0 Å². The van der Waals surface area contributed by atoms with Crippen molar-refractivity contribution < 1.29 is 37.0 Å². The number of hydrogen-bond donors (Lipinski definition) is 1. The zero-order valence-electron chi connectivity index (χ0n) is 35.7. The maximum atomic E-state index is 13.4. The normalized spacial score (nSPS) is 22.5. The van der Waals surface area contributed by atoms with Crippen LogP contribution >= 0.6 is 11.8 Å². The maximum Gasteiger partial charge on any atom is 0.425 e.